The Bertz CT molecular complexity index is 921. The fourth-order valence-electron chi connectivity index (χ4n) is 2.69. The van der Waals surface area contributed by atoms with E-state index in [-0.39, 0.29) is 18.3 Å². The lowest BCUT2D eigenvalue weighted by Crippen LogP contribution is -2.43. The van der Waals surface area contributed by atoms with E-state index < -0.39 is 21.7 Å². The van der Waals surface area contributed by atoms with E-state index >= 15 is 0 Å². The fourth-order valence-corrected chi connectivity index (χ4v) is 3.96. The van der Waals surface area contributed by atoms with Crippen molar-refractivity contribution in [3.8, 4) is 5.75 Å². The highest BCUT2D eigenvalue weighted by Gasteiger charge is 2.31. The highest BCUT2D eigenvalue weighted by atomic mass is 32.2. The Labute approximate surface area is 151 Å². The summed E-state index contributed by atoms with van der Waals surface area (Å²) in [6.07, 6.45) is 1.50. The second-order valence-corrected chi connectivity index (χ2v) is 8.00. The topological polar surface area (TPSA) is 63.7 Å². The largest absolute Gasteiger partial charge is 0.484 e. The van der Waals surface area contributed by atoms with E-state index in [9.17, 15) is 17.6 Å². The van der Waals surface area contributed by atoms with E-state index in [4.69, 9.17) is 4.74 Å². The van der Waals surface area contributed by atoms with Crippen LogP contribution in [0.2, 0.25) is 0 Å². The molecule has 1 aliphatic rings. The van der Waals surface area contributed by atoms with Gasteiger partial charge in [-0.3, -0.25) is 4.79 Å². The summed E-state index contributed by atoms with van der Waals surface area (Å²) < 4.78 is 41.9. The number of rotatable bonds is 5. The van der Waals surface area contributed by atoms with Gasteiger partial charge in [-0.25, -0.2) is 12.8 Å². The summed E-state index contributed by atoms with van der Waals surface area (Å²) >= 11 is 0. The van der Waals surface area contributed by atoms with E-state index in [0.717, 1.165) is 11.0 Å². The minimum atomic E-state index is -3.32. The molecule has 0 fully saturated rings. The van der Waals surface area contributed by atoms with Gasteiger partial charge in [0.05, 0.1) is 11.8 Å². The van der Waals surface area contributed by atoms with Crippen LogP contribution in [0.4, 0.5) is 10.1 Å². The van der Waals surface area contributed by atoms with Gasteiger partial charge in [0.2, 0.25) is 0 Å². The van der Waals surface area contributed by atoms with Gasteiger partial charge in [0.1, 0.15) is 11.6 Å². The van der Waals surface area contributed by atoms with Crippen LogP contribution in [0.15, 0.2) is 60.0 Å². The Morgan fingerprint density at radius 1 is 1.15 bits per heavy atom. The summed E-state index contributed by atoms with van der Waals surface area (Å²) in [5.41, 5.74) is 1.62. The maximum Gasteiger partial charge on any atom is 0.265 e. The first-order chi connectivity index (χ1) is 12.3. The summed E-state index contributed by atoms with van der Waals surface area (Å²) in [7, 11) is -3.32. The minimum absolute atomic E-state index is 0.164. The zero-order valence-corrected chi connectivity index (χ0v) is 14.9. The van der Waals surface area contributed by atoms with Gasteiger partial charge in [0.25, 0.3) is 5.91 Å². The van der Waals surface area contributed by atoms with Gasteiger partial charge in [-0.15, -0.1) is 0 Å². The van der Waals surface area contributed by atoms with Crippen molar-refractivity contribution in [3.63, 3.8) is 0 Å². The molecular formula is C19H18FNO4S. The lowest BCUT2D eigenvalue weighted by molar-refractivity contribution is -0.120. The number of nitrogens with zero attached hydrogens (tertiary/aromatic N) is 1. The molecule has 1 amide bonds. The quantitative estimate of drug-likeness (QED) is 0.806. The molecule has 3 rings (SSSR count). The highest BCUT2D eigenvalue weighted by molar-refractivity contribution is 7.94. The van der Waals surface area contributed by atoms with Gasteiger partial charge in [-0.2, -0.15) is 0 Å². The van der Waals surface area contributed by atoms with Crippen molar-refractivity contribution >= 4 is 21.4 Å². The maximum absolute atomic E-state index is 12.9. The van der Waals surface area contributed by atoms with E-state index in [0.29, 0.717) is 11.4 Å². The third kappa shape index (κ3) is 4.29. The smallest absolute Gasteiger partial charge is 0.265 e. The number of aryl methyl sites for hydroxylation is 1. The molecule has 7 heteroatoms. The third-order valence-electron chi connectivity index (χ3n) is 4.00. The molecule has 0 N–H and O–H groups in total. The summed E-state index contributed by atoms with van der Waals surface area (Å²) in [6.45, 7) is 1.64. The number of carbonyl (C=O) groups excluding carboxylic acids is 1. The predicted octanol–water partition coefficient (Wildman–Crippen LogP) is 2.86. The molecule has 0 spiro atoms. The number of hydrogen-bond acceptors (Lipinski definition) is 4. The lowest BCUT2D eigenvalue weighted by atomic mass is 10.1. The number of sulfone groups is 1. The molecule has 5 nitrogen and oxygen atoms in total. The molecule has 2 aromatic carbocycles. The van der Waals surface area contributed by atoms with Crippen molar-refractivity contribution in [2.24, 2.45) is 0 Å². The summed E-state index contributed by atoms with van der Waals surface area (Å²) in [6, 6.07) is 12.0. The SMILES string of the molecule is Cc1ccc(N(C(=O)COc2ccc(F)cc2)[C@H]2C=CS(=O)(=O)C2)cc1. The number of hydrogen-bond donors (Lipinski definition) is 0. The van der Waals surface area contributed by atoms with Crippen LogP contribution in [0.5, 0.6) is 5.75 Å². The van der Waals surface area contributed by atoms with Gasteiger partial charge in [-0.05, 0) is 49.4 Å². The van der Waals surface area contributed by atoms with Gasteiger partial charge in [-0.1, -0.05) is 17.7 Å². The number of amides is 1. The Balaban J connectivity index is 1.80. The average Bonchev–Trinajstić information content (AvgIpc) is 2.96. The van der Waals surface area contributed by atoms with Crippen LogP contribution in [0.1, 0.15) is 5.56 Å². The van der Waals surface area contributed by atoms with Crippen LogP contribution in [-0.4, -0.2) is 32.7 Å². The normalized spacial score (nSPS) is 17.8. The molecule has 1 aliphatic heterocycles. The molecular weight excluding hydrogens is 357 g/mol. The summed E-state index contributed by atoms with van der Waals surface area (Å²) in [5.74, 6) is -0.585. The van der Waals surface area contributed by atoms with E-state index in [1.165, 1.54) is 35.2 Å². The second-order valence-electron chi connectivity index (χ2n) is 6.07. The zero-order chi connectivity index (χ0) is 18.7. The molecule has 0 unspecified atom stereocenters. The summed E-state index contributed by atoms with van der Waals surface area (Å²) in [4.78, 5) is 14.2. The number of halogens is 1. The van der Waals surface area contributed by atoms with Gasteiger partial charge < -0.3 is 9.64 Å². The van der Waals surface area contributed by atoms with Crippen LogP contribution < -0.4 is 9.64 Å². The minimum Gasteiger partial charge on any atom is -0.484 e. The molecule has 0 saturated heterocycles. The number of carbonyl (C=O) groups is 1. The fraction of sp³-hybridized carbons (Fsp3) is 0.211. The molecule has 0 aromatic heterocycles. The Hall–Kier alpha value is -2.67. The van der Waals surface area contributed by atoms with Crippen molar-refractivity contribution in [2.75, 3.05) is 17.3 Å². The van der Waals surface area contributed by atoms with E-state index in [1.807, 2.05) is 19.1 Å². The van der Waals surface area contributed by atoms with E-state index in [2.05, 4.69) is 0 Å². The average molecular weight is 375 g/mol. The molecule has 0 aliphatic carbocycles. The second kappa shape index (κ2) is 7.29. The zero-order valence-electron chi connectivity index (χ0n) is 14.1. The van der Waals surface area contributed by atoms with Gasteiger partial charge >= 0.3 is 0 Å². The van der Waals surface area contributed by atoms with Crippen LogP contribution in [0.25, 0.3) is 0 Å². The van der Waals surface area contributed by atoms with Crippen molar-refractivity contribution in [1.82, 2.24) is 0 Å². The van der Waals surface area contributed by atoms with Crippen LogP contribution in [0.3, 0.4) is 0 Å². The van der Waals surface area contributed by atoms with E-state index in [1.54, 1.807) is 12.1 Å². The molecule has 0 bridgehead atoms. The highest BCUT2D eigenvalue weighted by Crippen LogP contribution is 2.24. The molecule has 1 atom stereocenters. The van der Waals surface area contributed by atoms with Crippen molar-refractivity contribution in [2.45, 2.75) is 13.0 Å². The van der Waals surface area contributed by atoms with Crippen LogP contribution in [-0.2, 0) is 14.6 Å². The third-order valence-corrected chi connectivity index (χ3v) is 5.38. The summed E-state index contributed by atoms with van der Waals surface area (Å²) in [5, 5.41) is 1.13. The first-order valence-corrected chi connectivity index (χ1v) is 9.74. The molecule has 0 saturated carbocycles. The van der Waals surface area contributed by atoms with Crippen molar-refractivity contribution in [3.05, 3.63) is 71.4 Å². The van der Waals surface area contributed by atoms with Gasteiger partial charge in [0.15, 0.2) is 16.4 Å². The number of benzene rings is 2. The van der Waals surface area contributed by atoms with Crippen LogP contribution >= 0.6 is 0 Å². The molecule has 2 aromatic rings. The molecule has 1 heterocycles. The Kier molecular flexibility index (Phi) is 5.08. The number of ether oxygens (including phenoxy) is 1. The first-order valence-electron chi connectivity index (χ1n) is 8.02. The maximum atomic E-state index is 12.9. The van der Waals surface area contributed by atoms with Crippen molar-refractivity contribution < 1.29 is 22.3 Å². The Morgan fingerprint density at radius 2 is 1.81 bits per heavy atom. The first kappa shape index (κ1) is 18.1. The number of anilines is 1. The monoisotopic (exact) mass is 375 g/mol. The Morgan fingerprint density at radius 3 is 2.38 bits per heavy atom. The van der Waals surface area contributed by atoms with Gasteiger partial charge in [0, 0.05) is 11.1 Å². The van der Waals surface area contributed by atoms with Crippen molar-refractivity contribution in [1.29, 1.82) is 0 Å². The predicted molar refractivity (Wildman–Crippen MR) is 97.3 cm³/mol. The molecule has 0 radical (unpaired) electrons. The molecule has 136 valence electrons. The standard InChI is InChI=1S/C19H18FNO4S/c1-14-2-6-16(7-3-14)21(17-10-11-26(23,24)13-17)19(22)12-25-18-8-4-15(20)5-9-18/h2-11,17H,12-13H2,1H3/t17-/m0/s1. The molecule has 26 heavy (non-hydrogen) atoms. The van der Waals surface area contributed by atoms with Crippen LogP contribution in [0, 0.1) is 12.7 Å². The lowest BCUT2D eigenvalue weighted by Gasteiger charge is -2.27.